The largest absolute Gasteiger partial charge is 0.497 e. The molecule has 0 heterocycles. The van der Waals surface area contributed by atoms with E-state index < -0.39 is 10.0 Å². The Morgan fingerprint density at radius 3 is 2.19 bits per heavy atom. The quantitative estimate of drug-likeness (QED) is 0.395. The number of carbonyl (C=O) groups excluding carboxylic acids is 1. The summed E-state index contributed by atoms with van der Waals surface area (Å²) < 4.78 is 35.1. The van der Waals surface area contributed by atoms with Crippen molar-refractivity contribution in [3.05, 3.63) is 83.5 Å². The van der Waals surface area contributed by atoms with Crippen LogP contribution in [0.5, 0.6) is 5.75 Å². The number of benzene rings is 2. The monoisotopic (exact) mass is 436 g/mol. The molecular weight excluding hydrogens is 412 g/mol. The standard InChI is InChI=1S/C24H24N2O4S/c1-16(2)21-15-22(17(3)14-23(21)27)25-24(18-8-6-5-7-9-18)26-31(28,29)20-12-10-19(30-4)11-13-20/h5-16H,1-4H3. The Bertz CT molecular complexity index is 1200. The third-order valence-electron chi connectivity index (χ3n) is 4.77. The zero-order chi connectivity index (χ0) is 22.6. The van der Waals surface area contributed by atoms with E-state index in [1.807, 2.05) is 19.9 Å². The van der Waals surface area contributed by atoms with E-state index >= 15 is 0 Å². The normalized spacial score (nSPS) is 16.4. The molecule has 0 N–H and O–H groups in total. The average molecular weight is 437 g/mol. The van der Waals surface area contributed by atoms with Crippen molar-refractivity contribution in [1.29, 1.82) is 0 Å². The maximum atomic E-state index is 13.0. The summed E-state index contributed by atoms with van der Waals surface area (Å²) in [6.45, 7) is 5.62. The van der Waals surface area contributed by atoms with Gasteiger partial charge in [0.2, 0.25) is 0 Å². The number of nitrogens with zero attached hydrogens (tertiary/aromatic N) is 2. The Kier molecular flexibility index (Phi) is 6.65. The molecule has 160 valence electrons. The first-order valence-corrected chi connectivity index (χ1v) is 11.2. The maximum absolute atomic E-state index is 13.0. The van der Waals surface area contributed by atoms with E-state index in [0.29, 0.717) is 28.2 Å². The van der Waals surface area contributed by atoms with Crippen LogP contribution in [0.2, 0.25) is 0 Å². The third-order valence-corrected chi connectivity index (χ3v) is 6.05. The lowest BCUT2D eigenvalue weighted by atomic mass is 9.90. The summed E-state index contributed by atoms with van der Waals surface area (Å²) in [7, 11) is -2.51. The number of ketones is 1. The van der Waals surface area contributed by atoms with E-state index in [1.165, 1.54) is 25.3 Å². The highest BCUT2D eigenvalue weighted by molar-refractivity contribution is 7.90. The fraction of sp³-hybridized carbons (Fsp3) is 0.208. The van der Waals surface area contributed by atoms with Crippen LogP contribution < -0.4 is 4.74 Å². The molecular formula is C24H24N2O4S. The minimum Gasteiger partial charge on any atom is -0.497 e. The summed E-state index contributed by atoms with van der Waals surface area (Å²) in [5.41, 5.74) is 2.33. The summed E-state index contributed by atoms with van der Waals surface area (Å²) in [5.74, 6) is 0.552. The number of allylic oxidation sites excluding steroid dienone is 4. The lowest BCUT2D eigenvalue weighted by Crippen LogP contribution is -2.17. The van der Waals surface area contributed by atoms with Gasteiger partial charge in [-0.15, -0.1) is 4.40 Å². The SMILES string of the molecule is COc1ccc(S(=O)(=O)N=C(N=C2C=C(C(C)C)C(=O)C=C2C)c2ccccc2)cc1. The summed E-state index contributed by atoms with van der Waals surface area (Å²) in [4.78, 5) is 16.9. The van der Waals surface area contributed by atoms with E-state index in [4.69, 9.17) is 4.74 Å². The molecule has 0 unspecified atom stereocenters. The molecule has 2 aromatic rings. The zero-order valence-corrected chi connectivity index (χ0v) is 18.7. The second-order valence-electron chi connectivity index (χ2n) is 7.37. The zero-order valence-electron chi connectivity index (χ0n) is 17.9. The van der Waals surface area contributed by atoms with Crippen molar-refractivity contribution in [2.45, 2.75) is 25.7 Å². The van der Waals surface area contributed by atoms with Crippen molar-refractivity contribution in [1.82, 2.24) is 0 Å². The molecule has 0 amide bonds. The topological polar surface area (TPSA) is 85.2 Å². The Morgan fingerprint density at radius 2 is 1.61 bits per heavy atom. The lowest BCUT2D eigenvalue weighted by Gasteiger charge is -2.15. The van der Waals surface area contributed by atoms with Crippen LogP contribution in [-0.4, -0.2) is 32.9 Å². The molecule has 31 heavy (non-hydrogen) atoms. The van der Waals surface area contributed by atoms with Crippen molar-refractivity contribution >= 4 is 27.4 Å². The fourth-order valence-electron chi connectivity index (χ4n) is 3.01. The highest BCUT2D eigenvalue weighted by Gasteiger charge is 2.21. The third kappa shape index (κ3) is 5.24. The molecule has 3 rings (SSSR count). The number of hydrogen-bond donors (Lipinski definition) is 0. The van der Waals surface area contributed by atoms with Crippen molar-refractivity contribution < 1.29 is 17.9 Å². The van der Waals surface area contributed by atoms with Crippen LogP contribution in [-0.2, 0) is 14.8 Å². The Morgan fingerprint density at radius 1 is 0.968 bits per heavy atom. The van der Waals surface area contributed by atoms with Gasteiger partial charge in [0.05, 0.1) is 17.7 Å². The van der Waals surface area contributed by atoms with Gasteiger partial charge in [-0.1, -0.05) is 44.2 Å². The Labute approximate surface area is 182 Å². The number of aliphatic imine (C=N–C) groups is 1. The summed E-state index contributed by atoms with van der Waals surface area (Å²) >= 11 is 0. The van der Waals surface area contributed by atoms with Gasteiger partial charge in [-0.05, 0) is 54.8 Å². The molecule has 0 fully saturated rings. The molecule has 0 atom stereocenters. The molecule has 1 aliphatic carbocycles. The van der Waals surface area contributed by atoms with Crippen LogP contribution in [0.1, 0.15) is 26.3 Å². The van der Waals surface area contributed by atoms with Crippen LogP contribution >= 0.6 is 0 Å². The molecule has 7 heteroatoms. The molecule has 0 aliphatic heterocycles. The molecule has 0 aromatic heterocycles. The fourth-order valence-corrected chi connectivity index (χ4v) is 3.97. The second-order valence-corrected chi connectivity index (χ2v) is 8.98. The van der Waals surface area contributed by atoms with E-state index in [-0.39, 0.29) is 22.4 Å². The lowest BCUT2D eigenvalue weighted by molar-refractivity contribution is -0.111. The molecule has 0 saturated heterocycles. The van der Waals surface area contributed by atoms with Gasteiger partial charge in [0.25, 0.3) is 10.0 Å². The summed E-state index contributed by atoms with van der Waals surface area (Å²) in [6, 6.07) is 14.9. The number of methoxy groups -OCH3 is 1. The smallest absolute Gasteiger partial charge is 0.284 e. The van der Waals surface area contributed by atoms with Crippen LogP contribution in [0.4, 0.5) is 0 Å². The number of ether oxygens (including phenoxy) is 1. The van der Waals surface area contributed by atoms with Gasteiger partial charge in [-0.2, -0.15) is 8.42 Å². The number of rotatable bonds is 5. The predicted octanol–water partition coefficient (Wildman–Crippen LogP) is 4.38. The first-order valence-electron chi connectivity index (χ1n) is 9.79. The number of hydrogen-bond acceptors (Lipinski definition) is 4. The average Bonchev–Trinajstić information content (AvgIpc) is 2.75. The summed E-state index contributed by atoms with van der Waals surface area (Å²) in [6.07, 6.45) is 3.23. The van der Waals surface area contributed by atoms with Gasteiger partial charge in [-0.3, -0.25) is 4.79 Å². The Hall–Kier alpha value is -3.32. The van der Waals surface area contributed by atoms with Gasteiger partial charge >= 0.3 is 0 Å². The first-order chi connectivity index (χ1) is 14.7. The molecule has 0 bridgehead atoms. The minimum absolute atomic E-state index is 0.0159. The van der Waals surface area contributed by atoms with Crippen molar-refractivity contribution in [2.75, 3.05) is 7.11 Å². The Balaban J connectivity index is 2.14. The van der Waals surface area contributed by atoms with Crippen molar-refractivity contribution in [3.63, 3.8) is 0 Å². The van der Waals surface area contributed by atoms with Crippen molar-refractivity contribution in [3.8, 4) is 5.75 Å². The summed E-state index contributed by atoms with van der Waals surface area (Å²) in [5, 5.41) is 0. The number of sulfonamides is 1. The highest BCUT2D eigenvalue weighted by Crippen LogP contribution is 2.22. The first kappa shape index (κ1) is 22.4. The van der Waals surface area contributed by atoms with E-state index in [2.05, 4.69) is 9.39 Å². The molecule has 0 radical (unpaired) electrons. The van der Waals surface area contributed by atoms with Gasteiger partial charge in [0.15, 0.2) is 11.6 Å². The van der Waals surface area contributed by atoms with Gasteiger partial charge in [-0.25, -0.2) is 4.99 Å². The molecule has 2 aromatic carbocycles. The van der Waals surface area contributed by atoms with E-state index in [0.717, 1.165) is 0 Å². The predicted molar refractivity (Wildman–Crippen MR) is 122 cm³/mol. The highest BCUT2D eigenvalue weighted by atomic mass is 32.2. The van der Waals surface area contributed by atoms with Crippen LogP contribution in [0.15, 0.2) is 92.2 Å². The minimum atomic E-state index is -4.02. The van der Waals surface area contributed by atoms with E-state index in [9.17, 15) is 13.2 Å². The van der Waals surface area contributed by atoms with Gasteiger partial charge < -0.3 is 4.74 Å². The number of carbonyl (C=O) groups is 1. The van der Waals surface area contributed by atoms with Crippen molar-refractivity contribution in [2.24, 2.45) is 15.3 Å². The number of amidine groups is 1. The van der Waals surface area contributed by atoms with Crippen LogP contribution in [0, 0.1) is 5.92 Å². The molecule has 0 spiro atoms. The molecule has 0 saturated carbocycles. The van der Waals surface area contributed by atoms with Gasteiger partial charge in [0.1, 0.15) is 5.75 Å². The van der Waals surface area contributed by atoms with E-state index in [1.54, 1.807) is 49.4 Å². The van der Waals surface area contributed by atoms with Crippen LogP contribution in [0.25, 0.3) is 0 Å². The van der Waals surface area contributed by atoms with Gasteiger partial charge in [0, 0.05) is 11.1 Å². The second kappa shape index (κ2) is 9.22. The molecule has 1 aliphatic rings. The maximum Gasteiger partial charge on any atom is 0.284 e. The van der Waals surface area contributed by atoms with Crippen LogP contribution in [0.3, 0.4) is 0 Å². The molecule has 6 nitrogen and oxygen atoms in total.